The van der Waals surface area contributed by atoms with E-state index in [-0.39, 0.29) is 17.0 Å². The number of rotatable bonds is 3. The third-order valence-electron chi connectivity index (χ3n) is 2.32. The normalized spacial score (nSPS) is 11.6. The van der Waals surface area contributed by atoms with Crippen molar-refractivity contribution in [1.82, 2.24) is 4.98 Å². The second-order valence-electron chi connectivity index (χ2n) is 6.85. The van der Waals surface area contributed by atoms with E-state index >= 15 is 0 Å². The highest BCUT2D eigenvalue weighted by molar-refractivity contribution is 5.94. The third-order valence-corrected chi connectivity index (χ3v) is 2.32. The molecule has 1 rings (SSSR count). The molecule has 0 N–H and O–H groups in total. The first-order valence-electron chi connectivity index (χ1n) is 7.18. The van der Waals surface area contributed by atoms with Crippen molar-refractivity contribution in [2.24, 2.45) is 0 Å². The van der Waals surface area contributed by atoms with E-state index < -0.39 is 23.3 Å². The van der Waals surface area contributed by atoms with Gasteiger partial charge in [-0.25, -0.2) is 9.59 Å². The van der Waals surface area contributed by atoms with Gasteiger partial charge in [0.25, 0.3) is 0 Å². The first-order valence-corrected chi connectivity index (χ1v) is 7.18. The number of hydrogen-bond acceptors (Lipinski definition) is 6. The zero-order valence-electron chi connectivity index (χ0n) is 14.4. The molecule has 0 aromatic carbocycles. The molecule has 0 spiro atoms. The van der Waals surface area contributed by atoms with Gasteiger partial charge >= 0.3 is 12.1 Å². The van der Waals surface area contributed by atoms with Crippen molar-refractivity contribution in [3.8, 4) is 5.75 Å². The summed E-state index contributed by atoms with van der Waals surface area (Å²) in [5, 5.41) is 0. The molecule has 0 saturated carbocycles. The lowest BCUT2D eigenvalue weighted by Gasteiger charge is -2.22. The van der Waals surface area contributed by atoms with Gasteiger partial charge in [-0.2, -0.15) is 0 Å². The Hall–Kier alpha value is -2.37. The van der Waals surface area contributed by atoms with Crippen LogP contribution >= 0.6 is 0 Å². The maximum Gasteiger partial charge on any atom is 0.514 e. The number of pyridine rings is 1. The number of hydrogen-bond donors (Lipinski definition) is 0. The van der Waals surface area contributed by atoms with Crippen molar-refractivity contribution >= 4 is 18.2 Å². The van der Waals surface area contributed by atoms with E-state index in [2.05, 4.69) is 11.6 Å². The van der Waals surface area contributed by atoms with Gasteiger partial charge in [0.2, 0.25) is 0 Å². The molecule has 1 heterocycles. The van der Waals surface area contributed by atoms with E-state index in [4.69, 9.17) is 14.2 Å². The summed E-state index contributed by atoms with van der Waals surface area (Å²) >= 11 is 0. The van der Waals surface area contributed by atoms with Gasteiger partial charge in [-0.3, -0.25) is 4.98 Å². The monoisotopic (exact) mass is 321 g/mol. The Morgan fingerprint density at radius 2 is 1.65 bits per heavy atom. The van der Waals surface area contributed by atoms with Crippen LogP contribution in [0.1, 0.15) is 57.6 Å². The highest BCUT2D eigenvalue weighted by atomic mass is 16.7. The predicted molar refractivity (Wildman–Crippen MR) is 86.4 cm³/mol. The largest absolute Gasteiger partial charge is 0.514 e. The molecule has 0 amide bonds. The summed E-state index contributed by atoms with van der Waals surface area (Å²) in [6.07, 6.45) is 1.87. The SMILES string of the molecule is C=Cc1nccc(C(=O)OC(C)(C)C)c1OC(=O)OC(C)(C)C. The van der Waals surface area contributed by atoms with Gasteiger partial charge in [-0.15, -0.1) is 0 Å². The fourth-order valence-electron chi connectivity index (χ4n) is 1.57. The maximum atomic E-state index is 12.3. The van der Waals surface area contributed by atoms with Gasteiger partial charge in [-0.1, -0.05) is 6.58 Å². The second-order valence-corrected chi connectivity index (χ2v) is 6.85. The molecular weight excluding hydrogens is 298 g/mol. The lowest BCUT2D eigenvalue weighted by atomic mass is 10.1. The molecule has 6 heteroatoms. The molecule has 0 atom stereocenters. The molecule has 23 heavy (non-hydrogen) atoms. The molecule has 0 radical (unpaired) electrons. The molecule has 0 aliphatic rings. The summed E-state index contributed by atoms with van der Waals surface area (Å²) < 4.78 is 15.6. The molecule has 6 nitrogen and oxygen atoms in total. The highest BCUT2D eigenvalue weighted by Crippen LogP contribution is 2.26. The van der Waals surface area contributed by atoms with Gasteiger partial charge in [0.1, 0.15) is 22.5 Å². The first kappa shape index (κ1) is 18.7. The Balaban J connectivity index is 3.16. The van der Waals surface area contributed by atoms with Crippen LogP contribution in [0.25, 0.3) is 6.08 Å². The topological polar surface area (TPSA) is 74.7 Å². The van der Waals surface area contributed by atoms with Gasteiger partial charge in [0, 0.05) is 6.20 Å². The van der Waals surface area contributed by atoms with Crippen molar-refractivity contribution in [3.63, 3.8) is 0 Å². The highest BCUT2D eigenvalue weighted by Gasteiger charge is 2.26. The average Bonchev–Trinajstić information content (AvgIpc) is 2.34. The average molecular weight is 321 g/mol. The van der Waals surface area contributed by atoms with Crippen LogP contribution in [0.2, 0.25) is 0 Å². The molecule has 0 aliphatic carbocycles. The minimum absolute atomic E-state index is 0.0361. The Labute approximate surface area is 136 Å². The van der Waals surface area contributed by atoms with Gasteiger partial charge in [0.05, 0.1) is 0 Å². The van der Waals surface area contributed by atoms with Crippen molar-refractivity contribution in [2.45, 2.75) is 52.7 Å². The summed E-state index contributed by atoms with van der Waals surface area (Å²) in [6, 6.07) is 1.42. The Kier molecular flexibility index (Phi) is 5.53. The molecule has 0 saturated heterocycles. The van der Waals surface area contributed by atoms with Crippen LogP contribution in [0.3, 0.4) is 0 Å². The van der Waals surface area contributed by atoms with Crippen LogP contribution in [-0.2, 0) is 9.47 Å². The van der Waals surface area contributed by atoms with Crippen LogP contribution < -0.4 is 4.74 Å². The Morgan fingerprint density at radius 3 is 2.13 bits per heavy atom. The molecule has 0 bridgehead atoms. The third kappa shape index (κ3) is 6.10. The second kappa shape index (κ2) is 6.81. The molecule has 0 fully saturated rings. The first-order chi connectivity index (χ1) is 10.4. The maximum absolute atomic E-state index is 12.3. The van der Waals surface area contributed by atoms with Crippen molar-refractivity contribution in [3.05, 3.63) is 30.1 Å². The van der Waals surface area contributed by atoms with Crippen molar-refractivity contribution in [2.75, 3.05) is 0 Å². The molecule has 1 aromatic rings. The van der Waals surface area contributed by atoms with Crippen molar-refractivity contribution in [1.29, 1.82) is 0 Å². The predicted octanol–water partition coefficient (Wildman–Crippen LogP) is 3.99. The van der Waals surface area contributed by atoms with Crippen molar-refractivity contribution < 1.29 is 23.8 Å². The molecule has 0 aliphatic heterocycles. The summed E-state index contributed by atoms with van der Waals surface area (Å²) in [5.74, 6) is -0.660. The summed E-state index contributed by atoms with van der Waals surface area (Å²) in [5.41, 5.74) is -1.08. The minimum atomic E-state index is -0.932. The fourth-order valence-corrected chi connectivity index (χ4v) is 1.57. The Morgan fingerprint density at radius 1 is 1.09 bits per heavy atom. The van der Waals surface area contributed by atoms with Crippen LogP contribution in [0, 0.1) is 0 Å². The summed E-state index contributed by atoms with van der Waals surface area (Å²) in [4.78, 5) is 28.2. The van der Waals surface area contributed by atoms with Gasteiger partial charge < -0.3 is 14.2 Å². The molecule has 126 valence electrons. The standard InChI is InChI=1S/C17H23NO5/c1-8-12-13(21-15(20)23-17(5,6)7)11(9-10-18-12)14(19)22-16(2,3)4/h8-10H,1H2,2-7H3. The lowest BCUT2D eigenvalue weighted by molar-refractivity contribution is 0.00606. The zero-order valence-corrected chi connectivity index (χ0v) is 14.4. The van der Waals surface area contributed by atoms with Crippen LogP contribution in [0.4, 0.5) is 4.79 Å². The lowest BCUT2D eigenvalue weighted by Crippen LogP contribution is -2.28. The quantitative estimate of drug-likeness (QED) is 0.783. The van der Waals surface area contributed by atoms with Gasteiger partial charge in [-0.05, 0) is 53.7 Å². The molecule has 0 unspecified atom stereocenters. The number of carbonyl (C=O) groups is 2. The Bertz CT molecular complexity index is 608. The van der Waals surface area contributed by atoms with E-state index in [1.54, 1.807) is 41.5 Å². The van der Waals surface area contributed by atoms with E-state index in [9.17, 15) is 9.59 Å². The summed E-state index contributed by atoms with van der Waals surface area (Å²) in [7, 11) is 0. The van der Waals surface area contributed by atoms with E-state index in [0.29, 0.717) is 0 Å². The van der Waals surface area contributed by atoms with E-state index in [1.807, 2.05) is 0 Å². The minimum Gasteiger partial charge on any atom is -0.456 e. The fraction of sp³-hybridized carbons (Fsp3) is 0.471. The van der Waals surface area contributed by atoms with Crippen LogP contribution in [0.5, 0.6) is 5.75 Å². The molecule has 1 aromatic heterocycles. The number of aromatic nitrogens is 1. The number of nitrogens with zero attached hydrogens (tertiary/aromatic N) is 1. The number of esters is 1. The number of carbonyl (C=O) groups excluding carboxylic acids is 2. The van der Waals surface area contributed by atoms with Gasteiger partial charge in [0.15, 0.2) is 5.75 Å². The zero-order chi connectivity index (χ0) is 17.8. The number of ether oxygens (including phenoxy) is 3. The van der Waals surface area contributed by atoms with Crippen LogP contribution in [-0.4, -0.2) is 28.3 Å². The summed E-state index contributed by atoms with van der Waals surface area (Å²) in [6.45, 7) is 14.0. The smallest absolute Gasteiger partial charge is 0.456 e. The van der Waals surface area contributed by atoms with Crippen LogP contribution in [0.15, 0.2) is 18.8 Å². The van der Waals surface area contributed by atoms with E-state index in [0.717, 1.165) is 0 Å². The van der Waals surface area contributed by atoms with E-state index in [1.165, 1.54) is 18.3 Å². The molecular formula is C17H23NO5.